The summed E-state index contributed by atoms with van der Waals surface area (Å²) in [6.45, 7) is 5.56. The van der Waals surface area contributed by atoms with Gasteiger partial charge >= 0.3 is 12.2 Å². The number of allylic oxidation sites excluding steroid dienone is 1. The van der Waals surface area contributed by atoms with Crippen molar-refractivity contribution in [3.05, 3.63) is 90.3 Å². The van der Waals surface area contributed by atoms with Crippen LogP contribution in [0.1, 0.15) is 23.5 Å². The second kappa shape index (κ2) is 13.0. The summed E-state index contributed by atoms with van der Waals surface area (Å²) >= 11 is 0. The second-order valence-electron chi connectivity index (χ2n) is 9.61. The number of urea groups is 1. The fourth-order valence-corrected chi connectivity index (χ4v) is 5.67. The van der Waals surface area contributed by atoms with Crippen LogP contribution in [0.15, 0.2) is 72.4 Å². The van der Waals surface area contributed by atoms with E-state index >= 15 is 8.78 Å². The summed E-state index contributed by atoms with van der Waals surface area (Å²) in [5.74, 6) is -5.31. The SMILES string of the molecule is C=CC(CC(F)(F)F)c1cn(S(=O)(=O)c2ccc(C)cc2)c2nccc(Oc3c(F)cc(NC(=O)NCCOC)cc3F)c12. The maximum Gasteiger partial charge on any atom is 0.390 e. The van der Waals surface area contributed by atoms with Gasteiger partial charge in [0, 0.05) is 49.8 Å². The molecular formula is C29H27F5N4O5S. The zero-order valence-corrected chi connectivity index (χ0v) is 24.2. The number of hydrogen-bond donors (Lipinski definition) is 2. The predicted octanol–water partition coefficient (Wildman–Crippen LogP) is 6.64. The Labute approximate surface area is 249 Å². The second-order valence-corrected chi connectivity index (χ2v) is 11.4. The van der Waals surface area contributed by atoms with Gasteiger partial charge in [0.1, 0.15) is 5.75 Å². The molecule has 15 heteroatoms. The number of carbonyl (C=O) groups excluding carboxylic acids is 1. The molecule has 0 aliphatic rings. The first-order valence-corrected chi connectivity index (χ1v) is 14.4. The van der Waals surface area contributed by atoms with Crippen LogP contribution in [-0.2, 0) is 14.8 Å². The van der Waals surface area contributed by atoms with Gasteiger partial charge < -0.3 is 20.1 Å². The molecule has 1 unspecified atom stereocenters. The minimum absolute atomic E-state index is 0.133. The summed E-state index contributed by atoms with van der Waals surface area (Å²) in [6.07, 6.45) is -3.04. The number of nitrogens with one attached hydrogen (secondary N) is 2. The smallest absolute Gasteiger partial charge is 0.390 e. The Morgan fingerprint density at radius 3 is 2.39 bits per heavy atom. The maximum atomic E-state index is 15.1. The Morgan fingerprint density at radius 1 is 1.14 bits per heavy atom. The molecule has 4 rings (SSSR count). The van der Waals surface area contributed by atoms with Gasteiger partial charge in [-0.25, -0.2) is 30.9 Å². The van der Waals surface area contributed by atoms with E-state index in [9.17, 15) is 26.4 Å². The third kappa shape index (κ3) is 7.17. The summed E-state index contributed by atoms with van der Waals surface area (Å²) < 4.78 is 109. The lowest BCUT2D eigenvalue weighted by atomic mass is 9.95. The number of anilines is 1. The number of aryl methyl sites for hydroxylation is 1. The molecule has 0 spiro atoms. The molecule has 2 aromatic heterocycles. The van der Waals surface area contributed by atoms with Crippen LogP contribution in [0.3, 0.4) is 0 Å². The molecule has 1 atom stereocenters. The normalized spacial score (nSPS) is 12.6. The molecule has 2 aromatic carbocycles. The summed E-state index contributed by atoms with van der Waals surface area (Å²) in [4.78, 5) is 15.9. The van der Waals surface area contributed by atoms with Crippen LogP contribution >= 0.6 is 0 Å². The van der Waals surface area contributed by atoms with E-state index in [0.29, 0.717) is 3.97 Å². The number of hydrogen-bond acceptors (Lipinski definition) is 6. The Kier molecular flexibility index (Phi) is 9.59. The number of ether oxygens (including phenoxy) is 2. The van der Waals surface area contributed by atoms with E-state index in [1.165, 1.54) is 19.2 Å². The number of rotatable bonds is 11. The molecule has 0 aliphatic carbocycles. The number of aromatic nitrogens is 2. The molecule has 0 radical (unpaired) electrons. The number of methoxy groups -OCH3 is 1. The van der Waals surface area contributed by atoms with Crippen LogP contribution in [0.4, 0.5) is 32.4 Å². The Morgan fingerprint density at radius 2 is 1.80 bits per heavy atom. The number of benzene rings is 2. The van der Waals surface area contributed by atoms with E-state index in [1.807, 2.05) is 0 Å². The zero-order chi connectivity index (χ0) is 32.2. The molecule has 0 bridgehead atoms. The highest BCUT2D eigenvalue weighted by atomic mass is 32.2. The monoisotopic (exact) mass is 638 g/mol. The molecular weight excluding hydrogens is 611 g/mol. The molecule has 0 saturated heterocycles. The van der Waals surface area contributed by atoms with Crippen LogP contribution in [-0.4, -0.2) is 49.8 Å². The Hall–Kier alpha value is -4.50. The highest BCUT2D eigenvalue weighted by molar-refractivity contribution is 7.90. The molecule has 0 aliphatic heterocycles. The largest absolute Gasteiger partial charge is 0.450 e. The van der Waals surface area contributed by atoms with Gasteiger partial charge in [0.15, 0.2) is 23.0 Å². The summed E-state index contributed by atoms with van der Waals surface area (Å²) in [5, 5.41) is 4.45. The van der Waals surface area contributed by atoms with E-state index in [4.69, 9.17) is 9.47 Å². The first-order valence-electron chi connectivity index (χ1n) is 13.0. The molecule has 0 saturated carbocycles. The maximum absolute atomic E-state index is 15.1. The van der Waals surface area contributed by atoms with Crippen molar-refractivity contribution in [1.82, 2.24) is 14.3 Å². The number of nitrogens with zero attached hydrogens (tertiary/aromatic N) is 2. The topological polar surface area (TPSA) is 112 Å². The lowest BCUT2D eigenvalue weighted by molar-refractivity contribution is -0.136. The Balaban J connectivity index is 1.83. The van der Waals surface area contributed by atoms with Crippen molar-refractivity contribution in [2.75, 3.05) is 25.6 Å². The van der Waals surface area contributed by atoms with E-state index in [0.717, 1.165) is 42.2 Å². The van der Waals surface area contributed by atoms with E-state index in [-0.39, 0.29) is 46.1 Å². The molecule has 2 amide bonds. The van der Waals surface area contributed by atoms with Crippen molar-refractivity contribution in [3.8, 4) is 11.5 Å². The number of fused-ring (bicyclic) bond motifs is 1. The zero-order valence-electron chi connectivity index (χ0n) is 23.4. The van der Waals surface area contributed by atoms with E-state index < -0.39 is 52.0 Å². The van der Waals surface area contributed by atoms with Crippen LogP contribution in [0.25, 0.3) is 11.0 Å². The molecule has 4 aromatic rings. The van der Waals surface area contributed by atoms with Crippen molar-refractivity contribution in [2.24, 2.45) is 0 Å². The standard InChI is InChI=1S/C29H27F5N4O5S/c1-4-18(15-29(32,33)34)21-16-38(44(40,41)20-7-5-17(2)6-8-20)27-25(21)24(9-10-35-27)43-26-22(30)13-19(14-23(26)31)37-28(39)36-11-12-42-3/h4-10,13-14,16,18H,1,11-12,15H2,2-3H3,(H2,36,37,39). The van der Waals surface area contributed by atoms with Gasteiger partial charge in [0.2, 0.25) is 0 Å². The fraction of sp³-hybridized carbons (Fsp3) is 0.241. The van der Waals surface area contributed by atoms with E-state index in [1.54, 1.807) is 19.1 Å². The number of pyridine rings is 1. The first kappa shape index (κ1) is 32.4. The average Bonchev–Trinajstić information content (AvgIpc) is 3.35. The molecule has 2 heterocycles. The number of carbonyl (C=O) groups is 1. The van der Waals surface area contributed by atoms with Crippen molar-refractivity contribution < 1.29 is 44.6 Å². The quantitative estimate of drug-likeness (QED) is 0.108. The van der Waals surface area contributed by atoms with Crippen molar-refractivity contribution >= 4 is 32.8 Å². The lowest BCUT2D eigenvalue weighted by Crippen LogP contribution is -2.31. The molecule has 44 heavy (non-hydrogen) atoms. The summed E-state index contributed by atoms with van der Waals surface area (Å²) in [7, 11) is -2.97. The number of halogens is 5. The summed E-state index contributed by atoms with van der Waals surface area (Å²) in [6, 6.07) is 7.68. The van der Waals surface area contributed by atoms with Gasteiger partial charge in [-0.3, -0.25) is 0 Å². The van der Waals surface area contributed by atoms with Crippen LogP contribution in [0.2, 0.25) is 0 Å². The predicted molar refractivity (Wildman–Crippen MR) is 152 cm³/mol. The average molecular weight is 639 g/mol. The van der Waals surface area contributed by atoms with Gasteiger partial charge in [-0.15, -0.1) is 6.58 Å². The molecule has 2 N–H and O–H groups in total. The van der Waals surface area contributed by atoms with Crippen LogP contribution in [0.5, 0.6) is 11.5 Å². The van der Waals surface area contributed by atoms with Crippen LogP contribution < -0.4 is 15.4 Å². The van der Waals surface area contributed by atoms with Crippen molar-refractivity contribution in [3.63, 3.8) is 0 Å². The van der Waals surface area contributed by atoms with Gasteiger partial charge in [0.25, 0.3) is 10.0 Å². The third-order valence-corrected chi connectivity index (χ3v) is 8.08. The summed E-state index contributed by atoms with van der Waals surface area (Å²) in [5.41, 5.74) is -0.0170. The van der Waals surface area contributed by atoms with Gasteiger partial charge in [0.05, 0.1) is 23.3 Å². The third-order valence-electron chi connectivity index (χ3n) is 6.42. The van der Waals surface area contributed by atoms with Gasteiger partial charge in [-0.1, -0.05) is 23.8 Å². The van der Waals surface area contributed by atoms with Crippen molar-refractivity contribution in [2.45, 2.75) is 30.3 Å². The van der Waals surface area contributed by atoms with Gasteiger partial charge in [-0.05, 0) is 30.7 Å². The van der Waals surface area contributed by atoms with Crippen LogP contribution in [0, 0.1) is 18.6 Å². The lowest BCUT2D eigenvalue weighted by Gasteiger charge is -2.16. The highest BCUT2D eigenvalue weighted by Gasteiger charge is 2.35. The van der Waals surface area contributed by atoms with E-state index in [2.05, 4.69) is 22.2 Å². The number of amides is 2. The van der Waals surface area contributed by atoms with Crippen molar-refractivity contribution in [1.29, 1.82) is 0 Å². The van der Waals surface area contributed by atoms with Gasteiger partial charge in [-0.2, -0.15) is 13.2 Å². The fourth-order valence-electron chi connectivity index (χ4n) is 4.35. The number of alkyl halides is 3. The minimum atomic E-state index is -4.68. The molecule has 234 valence electrons. The Bertz CT molecular complexity index is 1770. The molecule has 0 fully saturated rings. The highest BCUT2D eigenvalue weighted by Crippen LogP contribution is 2.42. The molecule has 9 nitrogen and oxygen atoms in total. The first-order chi connectivity index (χ1) is 20.7. The minimum Gasteiger partial charge on any atom is -0.450 e.